The van der Waals surface area contributed by atoms with Crippen molar-refractivity contribution >= 4 is 11.6 Å². The summed E-state index contributed by atoms with van der Waals surface area (Å²) in [6, 6.07) is 10.1. The van der Waals surface area contributed by atoms with E-state index in [1.54, 1.807) is 36.4 Å². The first-order valence-corrected chi connectivity index (χ1v) is 7.46. The number of aromatic hydroxyl groups is 1. The van der Waals surface area contributed by atoms with Crippen LogP contribution in [0.3, 0.4) is 0 Å². The lowest BCUT2D eigenvalue weighted by atomic mass is 10.1. The lowest BCUT2D eigenvalue weighted by Gasteiger charge is -2.11. The normalized spacial score (nSPS) is 12.1. The topological polar surface area (TPSA) is 111 Å². The molecule has 4 N–H and O–H groups in total. The predicted molar refractivity (Wildman–Crippen MR) is 87.5 cm³/mol. The number of rotatable bonds is 5. The van der Waals surface area contributed by atoms with Gasteiger partial charge in [0.2, 0.25) is 11.8 Å². The predicted octanol–water partition coefficient (Wildman–Crippen LogP) is 2.53. The molecule has 0 amide bonds. The molecule has 24 heavy (non-hydrogen) atoms. The molecule has 0 aliphatic heterocycles. The number of ether oxygens (including phenoxy) is 1. The van der Waals surface area contributed by atoms with Gasteiger partial charge in [0.05, 0.1) is 16.8 Å². The molecule has 3 rings (SSSR count). The summed E-state index contributed by atoms with van der Waals surface area (Å²) in [6.45, 7) is 0. The molecule has 0 spiro atoms. The molecule has 7 nitrogen and oxygen atoms in total. The number of aromatic amines is 2. The van der Waals surface area contributed by atoms with Crippen LogP contribution in [0.2, 0.25) is 5.02 Å². The van der Waals surface area contributed by atoms with E-state index in [0.717, 1.165) is 0 Å². The minimum atomic E-state index is -0.884. The molecule has 2 heterocycles. The van der Waals surface area contributed by atoms with Crippen molar-refractivity contribution in [2.45, 2.75) is 12.5 Å². The molecule has 0 fully saturated rings. The molecule has 0 saturated heterocycles. The second kappa shape index (κ2) is 6.77. The third-order valence-electron chi connectivity index (χ3n) is 3.37. The highest BCUT2D eigenvalue weighted by atomic mass is 35.5. The fraction of sp³-hybridized carbons (Fsp3) is 0.125. The number of aliphatic hydroxyl groups excluding tert-OH is 1. The number of halogens is 1. The number of hydrogen-bond donors (Lipinski definition) is 4. The van der Waals surface area contributed by atoms with Crippen molar-refractivity contribution in [3.8, 4) is 17.5 Å². The number of aromatic nitrogens is 3. The smallest absolute Gasteiger partial charge is 0.325 e. The van der Waals surface area contributed by atoms with Crippen LogP contribution in [0.25, 0.3) is 0 Å². The molecule has 0 radical (unpaired) electrons. The quantitative estimate of drug-likeness (QED) is 0.566. The van der Waals surface area contributed by atoms with Crippen molar-refractivity contribution in [3.05, 3.63) is 69.4 Å². The molecule has 0 aliphatic rings. The fourth-order valence-corrected chi connectivity index (χ4v) is 2.28. The summed E-state index contributed by atoms with van der Waals surface area (Å²) >= 11 is 5.76. The van der Waals surface area contributed by atoms with Crippen molar-refractivity contribution < 1.29 is 14.9 Å². The standard InChI is InChI=1S/C16H14ClN3O4/c17-10-3-6-14(18-8-10)24-11-4-1-9(2-5-11)13(21)7-12-15(22)20-16(23)19-12/h1-6,8,13,21-22H,7H2,(H2,19,20,23). The largest absolute Gasteiger partial charge is 0.493 e. The van der Waals surface area contributed by atoms with Gasteiger partial charge in [-0.1, -0.05) is 23.7 Å². The second-order valence-electron chi connectivity index (χ2n) is 5.11. The van der Waals surface area contributed by atoms with Gasteiger partial charge < -0.3 is 19.9 Å². The molecular weight excluding hydrogens is 334 g/mol. The Kier molecular flexibility index (Phi) is 4.54. The van der Waals surface area contributed by atoms with Crippen LogP contribution in [-0.4, -0.2) is 25.2 Å². The molecule has 0 bridgehead atoms. The van der Waals surface area contributed by atoms with Gasteiger partial charge in [0.1, 0.15) is 5.75 Å². The Balaban J connectivity index is 1.68. The number of benzene rings is 1. The molecule has 1 aromatic carbocycles. The average molecular weight is 348 g/mol. The third-order valence-corrected chi connectivity index (χ3v) is 3.59. The molecule has 0 aliphatic carbocycles. The Morgan fingerprint density at radius 1 is 1.17 bits per heavy atom. The van der Waals surface area contributed by atoms with Gasteiger partial charge in [0.25, 0.3) is 0 Å². The van der Waals surface area contributed by atoms with Crippen molar-refractivity contribution in [1.29, 1.82) is 0 Å². The van der Waals surface area contributed by atoms with Crippen molar-refractivity contribution in [3.63, 3.8) is 0 Å². The molecular formula is C16H14ClN3O4. The highest BCUT2D eigenvalue weighted by molar-refractivity contribution is 6.30. The number of aliphatic hydroxyl groups is 1. The summed E-state index contributed by atoms with van der Waals surface area (Å²) in [5.41, 5.74) is 0.347. The van der Waals surface area contributed by atoms with Crippen LogP contribution in [0.5, 0.6) is 17.5 Å². The number of H-pyrrole nitrogens is 2. The molecule has 8 heteroatoms. The zero-order valence-corrected chi connectivity index (χ0v) is 13.1. The van der Waals surface area contributed by atoms with E-state index < -0.39 is 11.8 Å². The number of pyridine rings is 1. The van der Waals surface area contributed by atoms with Crippen LogP contribution in [-0.2, 0) is 6.42 Å². The first kappa shape index (κ1) is 16.1. The molecule has 0 saturated carbocycles. The first-order chi connectivity index (χ1) is 11.5. The van der Waals surface area contributed by atoms with E-state index in [2.05, 4.69) is 15.0 Å². The van der Waals surface area contributed by atoms with Gasteiger partial charge in [0, 0.05) is 18.7 Å². The van der Waals surface area contributed by atoms with Crippen LogP contribution >= 0.6 is 11.6 Å². The average Bonchev–Trinajstić information content (AvgIpc) is 2.88. The Morgan fingerprint density at radius 2 is 1.92 bits per heavy atom. The van der Waals surface area contributed by atoms with Crippen LogP contribution in [0.4, 0.5) is 0 Å². The molecule has 1 atom stereocenters. The SMILES string of the molecule is O=c1[nH]c(O)c(CC(O)c2ccc(Oc3ccc(Cl)cn3)cc2)[nH]1. The van der Waals surface area contributed by atoms with Crippen LogP contribution in [0.15, 0.2) is 47.4 Å². The summed E-state index contributed by atoms with van der Waals surface area (Å²) in [5, 5.41) is 20.2. The van der Waals surface area contributed by atoms with Crippen molar-refractivity contribution in [1.82, 2.24) is 15.0 Å². The zero-order chi connectivity index (χ0) is 17.1. The van der Waals surface area contributed by atoms with Crippen LogP contribution in [0, 0.1) is 0 Å². The number of nitrogens with zero attached hydrogens (tertiary/aromatic N) is 1. The number of imidazole rings is 1. The van der Waals surface area contributed by atoms with E-state index >= 15 is 0 Å². The lowest BCUT2D eigenvalue weighted by Crippen LogP contribution is -2.05. The summed E-state index contributed by atoms with van der Waals surface area (Å²) < 4.78 is 5.56. The lowest BCUT2D eigenvalue weighted by molar-refractivity contribution is 0.176. The number of hydrogen-bond acceptors (Lipinski definition) is 5. The van der Waals surface area contributed by atoms with Crippen LogP contribution < -0.4 is 10.4 Å². The van der Waals surface area contributed by atoms with E-state index in [9.17, 15) is 15.0 Å². The number of nitrogens with one attached hydrogen (secondary N) is 2. The van der Waals surface area contributed by atoms with E-state index in [0.29, 0.717) is 22.2 Å². The van der Waals surface area contributed by atoms with Gasteiger partial charge >= 0.3 is 5.69 Å². The third kappa shape index (κ3) is 3.76. The monoisotopic (exact) mass is 347 g/mol. The molecule has 1 unspecified atom stereocenters. The van der Waals surface area contributed by atoms with E-state index in [1.807, 2.05) is 0 Å². The molecule has 3 aromatic rings. The van der Waals surface area contributed by atoms with Gasteiger partial charge in [-0.25, -0.2) is 9.78 Å². The van der Waals surface area contributed by atoms with Gasteiger partial charge in [-0.15, -0.1) is 0 Å². The second-order valence-corrected chi connectivity index (χ2v) is 5.55. The van der Waals surface area contributed by atoms with Crippen molar-refractivity contribution in [2.24, 2.45) is 0 Å². The molecule has 2 aromatic heterocycles. The highest BCUT2D eigenvalue weighted by Gasteiger charge is 2.14. The minimum Gasteiger partial charge on any atom is -0.493 e. The minimum absolute atomic E-state index is 0.0729. The fourth-order valence-electron chi connectivity index (χ4n) is 2.17. The zero-order valence-electron chi connectivity index (χ0n) is 12.4. The Morgan fingerprint density at radius 3 is 2.50 bits per heavy atom. The van der Waals surface area contributed by atoms with Crippen molar-refractivity contribution in [2.75, 3.05) is 0 Å². The van der Waals surface area contributed by atoms with E-state index in [4.69, 9.17) is 16.3 Å². The first-order valence-electron chi connectivity index (χ1n) is 7.09. The summed E-state index contributed by atoms with van der Waals surface area (Å²) in [6.07, 6.45) is 0.674. The Hall–Kier alpha value is -2.77. The summed E-state index contributed by atoms with van der Waals surface area (Å²) in [4.78, 5) is 19.7. The van der Waals surface area contributed by atoms with Gasteiger partial charge in [-0.3, -0.25) is 4.98 Å². The maximum atomic E-state index is 11.1. The van der Waals surface area contributed by atoms with Gasteiger partial charge in [0.15, 0.2) is 0 Å². The van der Waals surface area contributed by atoms with Gasteiger partial charge in [-0.2, -0.15) is 0 Å². The van der Waals surface area contributed by atoms with Gasteiger partial charge in [-0.05, 0) is 23.8 Å². The Bertz CT molecular complexity index is 872. The Labute approximate surface area is 141 Å². The maximum Gasteiger partial charge on any atom is 0.325 e. The van der Waals surface area contributed by atoms with Crippen LogP contribution in [0.1, 0.15) is 17.4 Å². The highest BCUT2D eigenvalue weighted by Crippen LogP contribution is 2.25. The molecule has 124 valence electrons. The maximum absolute atomic E-state index is 11.1. The van der Waals surface area contributed by atoms with E-state index in [1.165, 1.54) is 6.20 Å². The van der Waals surface area contributed by atoms with E-state index in [-0.39, 0.29) is 18.0 Å². The summed E-state index contributed by atoms with van der Waals surface area (Å²) in [5.74, 6) is 0.689. The summed E-state index contributed by atoms with van der Waals surface area (Å²) in [7, 11) is 0.